The Morgan fingerprint density at radius 2 is 1.58 bits per heavy atom. The molecule has 1 rings (SSSR count). The van der Waals surface area contributed by atoms with Crippen LogP contribution in [0.2, 0.25) is 0 Å². The molecule has 0 spiro atoms. The van der Waals surface area contributed by atoms with E-state index in [4.69, 9.17) is 5.73 Å². The zero-order valence-electron chi connectivity index (χ0n) is 18.6. The minimum atomic E-state index is -1.59. The zero-order valence-corrected chi connectivity index (χ0v) is 19.4. The first-order valence-electron chi connectivity index (χ1n) is 10.3. The first-order chi connectivity index (χ1) is 15.6. The van der Waals surface area contributed by atoms with E-state index in [0.717, 1.165) is 0 Å². The minimum absolute atomic E-state index is 0.00386. The predicted molar refractivity (Wildman–Crippen MR) is 123 cm³/mol. The molecule has 1 aromatic rings. The fourth-order valence-electron chi connectivity index (χ4n) is 2.82. The van der Waals surface area contributed by atoms with E-state index in [0.29, 0.717) is 17.7 Å². The molecule has 0 aliphatic carbocycles. The van der Waals surface area contributed by atoms with Crippen LogP contribution in [-0.4, -0.2) is 87.9 Å². The zero-order chi connectivity index (χ0) is 25.0. The van der Waals surface area contributed by atoms with Gasteiger partial charge in [-0.1, -0.05) is 30.3 Å². The number of benzene rings is 1. The molecule has 0 fully saturated rings. The molecular weight excluding hydrogens is 452 g/mol. The van der Waals surface area contributed by atoms with E-state index in [1.165, 1.54) is 18.7 Å². The minimum Gasteiger partial charge on any atom is -0.480 e. The monoisotopic (exact) mass is 484 g/mol. The Bertz CT molecular complexity index is 794. The van der Waals surface area contributed by atoms with Gasteiger partial charge in [0.2, 0.25) is 17.7 Å². The van der Waals surface area contributed by atoms with E-state index in [2.05, 4.69) is 16.0 Å². The lowest BCUT2D eigenvalue weighted by molar-refractivity contribution is -0.145. The second-order valence-corrected chi connectivity index (χ2v) is 8.43. The lowest BCUT2D eigenvalue weighted by Crippen LogP contribution is -2.59. The molecule has 0 aromatic heterocycles. The van der Waals surface area contributed by atoms with Gasteiger partial charge < -0.3 is 37.0 Å². The van der Waals surface area contributed by atoms with Crippen LogP contribution in [0.3, 0.4) is 0 Å². The lowest BCUT2D eigenvalue weighted by Gasteiger charge is -2.25. The third-order valence-electron chi connectivity index (χ3n) is 4.75. The molecule has 0 saturated carbocycles. The molecule has 1 aromatic carbocycles. The number of nitrogens with two attached hydrogens (primary N) is 1. The summed E-state index contributed by atoms with van der Waals surface area (Å²) >= 11 is 1.51. The van der Waals surface area contributed by atoms with Crippen molar-refractivity contribution in [1.82, 2.24) is 16.0 Å². The molecule has 0 saturated heterocycles. The second-order valence-electron chi connectivity index (χ2n) is 7.45. The highest BCUT2D eigenvalue weighted by Gasteiger charge is 2.31. The van der Waals surface area contributed by atoms with Crippen molar-refractivity contribution in [2.45, 2.75) is 50.0 Å². The normalized spacial score (nSPS) is 15.4. The number of nitrogens with one attached hydrogen (secondary N) is 3. The fourth-order valence-corrected chi connectivity index (χ4v) is 3.31. The quantitative estimate of drug-likeness (QED) is 0.160. The third kappa shape index (κ3) is 9.78. The summed E-state index contributed by atoms with van der Waals surface area (Å²) in [6.45, 7) is 0.472. The van der Waals surface area contributed by atoms with Crippen molar-refractivity contribution in [3.63, 3.8) is 0 Å². The van der Waals surface area contributed by atoms with Crippen molar-refractivity contribution in [3.8, 4) is 0 Å². The average molecular weight is 485 g/mol. The van der Waals surface area contributed by atoms with Crippen LogP contribution >= 0.6 is 11.8 Å². The van der Waals surface area contributed by atoms with Gasteiger partial charge in [0, 0.05) is 6.42 Å². The Morgan fingerprint density at radius 1 is 1.00 bits per heavy atom. The highest BCUT2D eigenvalue weighted by atomic mass is 32.2. The summed E-state index contributed by atoms with van der Waals surface area (Å²) in [6, 6.07) is 3.59. The summed E-state index contributed by atoms with van der Waals surface area (Å²) in [6.07, 6.45) is 0.858. The number of hydrogen-bond acceptors (Lipinski definition) is 8. The molecule has 0 bridgehead atoms. The number of carbonyl (C=O) groups excluding carboxylic acids is 3. The van der Waals surface area contributed by atoms with Crippen molar-refractivity contribution >= 4 is 35.5 Å². The van der Waals surface area contributed by atoms with Gasteiger partial charge in [0.25, 0.3) is 0 Å². The maximum atomic E-state index is 12.8. The van der Waals surface area contributed by atoms with Crippen LogP contribution in [-0.2, 0) is 25.6 Å². The molecule has 8 N–H and O–H groups in total. The molecule has 33 heavy (non-hydrogen) atoms. The Hall–Kier alpha value is -2.67. The molecule has 184 valence electrons. The molecule has 3 amide bonds. The summed E-state index contributed by atoms with van der Waals surface area (Å²) in [5.74, 6) is -3.12. The van der Waals surface area contributed by atoms with E-state index >= 15 is 0 Å². The van der Waals surface area contributed by atoms with Crippen LogP contribution in [0.15, 0.2) is 30.3 Å². The smallest absolute Gasteiger partial charge is 0.328 e. The van der Waals surface area contributed by atoms with Crippen LogP contribution in [0.5, 0.6) is 0 Å². The Kier molecular flexibility index (Phi) is 12.4. The van der Waals surface area contributed by atoms with Gasteiger partial charge >= 0.3 is 5.97 Å². The summed E-state index contributed by atoms with van der Waals surface area (Å²) < 4.78 is 0. The van der Waals surface area contributed by atoms with Gasteiger partial charge in [0.05, 0.1) is 18.8 Å². The number of amides is 3. The van der Waals surface area contributed by atoms with Crippen LogP contribution < -0.4 is 21.7 Å². The highest BCUT2D eigenvalue weighted by Crippen LogP contribution is 2.06. The predicted octanol–water partition coefficient (Wildman–Crippen LogP) is -1.78. The molecule has 12 heteroatoms. The number of aliphatic hydroxyl groups is 2. The molecular formula is C21H32N4O7S. The largest absolute Gasteiger partial charge is 0.480 e. The van der Waals surface area contributed by atoms with Gasteiger partial charge in [-0.15, -0.1) is 0 Å². The number of aliphatic carboxylic acids is 1. The number of carbonyl (C=O) groups is 4. The number of aliphatic hydroxyl groups excluding tert-OH is 2. The second kappa shape index (κ2) is 14.5. The van der Waals surface area contributed by atoms with Gasteiger partial charge in [-0.05, 0) is 30.9 Å². The molecule has 0 aliphatic rings. The molecule has 5 atom stereocenters. The molecule has 0 heterocycles. The van der Waals surface area contributed by atoms with Crippen molar-refractivity contribution in [1.29, 1.82) is 0 Å². The molecule has 11 nitrogen and oxygen atoms in total. The average Bonchev–Trinajstić information content (AvgIpc) is 2.78. The number of hydrogen-bond donors (Lipinski definition) is 7. The van der Waals surface area contributed by atoms with Gasteiger partial charge in [0.15, 0.2) is 6.04 Å². The highest BCUT2D eigenvalue weighted by molar-refractivity contribution is 7.98. The van der Waals surface area contributed by atoms with Crippen LogP contribution in [0.4, 0.5) is 0 Å². The van der Waals surface area contributed by atoms with Gasteiger partial charge in [0.1, 0.15) is 12.1 Å². The van der Waals surface area contributed by atoms with Gasteiger partial charge in [-0.3, -0.25) is 14.4 Å². The summed E-state index contributed by atoms with van der Waals surface area (Å²) in [5, 5.41) is 35.5. The molecule has 0 aliphatic heterocycles. The van der Waals surface area contributed by atoms with Crippen LogP contribution in [0, 0.1) is 0 Å². The lowest BCUT2D eigenvalue weighted by atomic mass is 10.0. The van der Waals surface area contributed by atoms with Crippen molar-refractivity contribution < 1.29 is 34.5 Å². The van der Waals surface area contributed by atoms with Crippen molar-refractivity contribution in [2.24, 2.45) is 5.73 Å². The maximum Gasteiger partial charge on any atom is 0.328 e. The summed E-state index contributed by atoms with van der Waals surface area (Å²) in [5.41, 5.74) is 6.46. The van der Waals surface area contributed by atoms with Gasteiger partial charge in [-0.25, -0.2) is 4.79 Å². The summed E-state index contributed by atoms with van der Waals surface area (Å²) in [7, 11) is 0. The number of carboxylic acid groups (broad SMARTS) is 1. The Labute approximate surface area is 196 Å². The van der Waals surface area contributed by atoms with E-state index in [1.54, 1.807) is 30.3 Å². The van der Waals surface area contributed by atoms with E-state index in [9.17, 15) is 34.5 Å². The fraction of sp³-hybridized carbons (Fsp3) is 0.524. The standard InChI is InChI=1S/C21H32N4O7S/c1-12(27)17(21(31)32)25-19(29)15(10-13-6-4-3-5-7-13)23-20(30)16(11-26)24-18(28)14(22)8-9-33-2/h3-7,12,14-17,26-27H,8-11,22H2,1-2H3,(H,23,30)(H,24,28)(H,25,29)(H,31,32). The van der Waals surface area contributed by atoms with Crippen molar-refractivity contribution in [2.75, 3.05) is 18.6 Å². The van der Waals surface area contributed by atoms with E-state index < -0.39 is 60.6 Å². The van der Waals surface area contributed by atoms with Crippen LogP contribution in [0.1, 0.15) is 18.9 Å². The van der Waals surface area contributed by atoms with E-state index in [1.807, 2.05) is 6.26 Å². The SMILES string of the molecule is CSCCC(N)C(=O)NC(CO)C(=O)NC(Cc1ccccc1)C(=O)NC(C(=O)O)C(C)O. The topological polar surface area (TPSA) is 191 Å². The van der Waals surface area contributed by atoms with Crippen molar-refractivity contribution in [3.05, 3.63) is 35.9 Å². The number of thioether (sulfide) groups is 1. The summed E-state index contributed by atoms with van der Waals surface area (Å²) in [4.78, 5) is 49.1. The van der Waals surface area contributed by atoms with Crippen LogP contribution in [0.25, 0.3) is 0 Å². The first kappa shape index (κ1) is 28.4. The Balaban J connectivity index is 2.97. The molecule has 0 radical (unpaired) electrons. The Morgan fingerprint density at radius 3 is 2.09 bits per heavy atom. The first-order valence-corrected chi connectivity index (χ1v) is 11.7. The van der Waals surface area contributed by atoms with Gasteiger partial charge in [-0.2, -0.15) is 11.8 Å². The third-order valence-corrected chi connectivity index (χ3v) is 5.39. The molecule has 5 unspecified atom stereocenters. The maximum absolute atomic E-state index is 12.8. The van der Waals surface area contributed by atoms with E-state index in [-0.39, 0.29) is 6.42 Å². The number of rotatable bonds is 14. The number of carboxylic acids is 1.